The summed E-state index contributed by atoms with van der Waals surface area (Å²) in [5, 5.41) is 11.6. The maximum Gasteiger partial charge on any atom is 0.224 e. The van der Waals surface area contributed by atoms with Crippen molar-refractivity contribution in [2.75, 3.05) is 26.3 Å². The Morgan fingerprint density at radius 2 is 2.00 bits per heavy atom. The highest BCUT2D eigenvalue weighted by molar-refractivity contribution is 5.11. The predicted octanol–water partition coefficient (Wildman–Crippen LogP) is 0.825. The fourth-order valence-electron chi connectivity index (χ4n) is 2.24. The van der Waals surface area contributed by atoms with Gasteiger partial charge in [-0.15, -0.1) is 10.2 Å². The molecular weight excluding hydrogens is 206 g/mol. The first-order valence-corrected chi connectivity index (χ1v) is 5.90. The molecule has 3 heterocycles. The molecule has 0 bridgehead atoms. The molecule has 0 aliphatic carbocycles. The first-order valence-electron chi connectivity index (χ1n) is 5.90. The molecule has 1 aromatic heterocycles. The van der Waals surface area contributed by atoms with Gasteiger partial charge in [0.15, 0.2) is 0 Å². The minimum Gasteiger partial charge on any atom is -0.424 e. The van der Waals surface area contributed by atoms with Gasteiger partial charge in [0, 0.05) is 32.2 Å². The van der Waals surface area contributed by atoms with E-state index in [4.69, 9.17) is 9.15 Å². The van der Waals surface area contributed by atoms with E-state index >= 15 is 0 Å². The summed E-state index contributed by atoms with van der Waals surface area (Å²) >= 11 is 0. The molecule has 5 heteroatoms. The number of hydrogen-bond donors (Lipinski definition) is 1. The summed E-state index contributed by atoms with van der Waals surface area (Å²) in [4.78, 5) is 0. The van der Waals surface area contributed by atoms with Gasteiger partial charge in [-0.05, 0) is 19.8 Å². The topological polar surface area (TPSA) is 60.2 Å². The van der Waals surface area contributed by atoms with Gasteiger partial charge in [-0.3, -0.25) is 0 Å². The van der Waals surface area contributed by atoms with Gasteiger partial charge in [0.1, 0.15) is 0 Å². The number of aromatic nitrogens is 2. The monoisotopic (exact) mass is 223 g/mol. The molecule has 0 unspecified atom stereocenters. The highest BCUT2D eigenvalue weighted by Gasteiger charge is 2.39. The van der Waals surface area contributed by atoms with Crippen molar-refractivity contribution in [3.63, 3.8) is 0 Å². The number of nitrogens with zero attached hydrogens (tertiary/aromatic N) is 2. The van der Waals surface area contributed by atoms with Crippen molar-refractivity contribution in [3.8, 4) is 0 Å². The molecule has 88 valence electrons. The fraction of sp³-hybridized carbons (Fsp3) is 0.818. The molecule has 0 aromatic carbocycles. The molecule has 5 nitrogen and oxygen atoms in total. The molecule has 2 aliphatic rings. The Morgan fingerprint density at radius 1 is 1.25 bits per heavy atom. The molecule has 2 saturated heterocycles. The van der Waals surface area contributed by atoms with Crippen LogP contribution in [0.3, 0.4) is 0 Å². The largest absolute Gasteiger partial charge is 0.424 e. The van der Waals surface area contributed by atoms with Crippen molar-refractivity contribution in [3.05, 3.63) is 11.8 Å². The van der Waals surface area contributed by atoms with E-state index in [0.29, 0.717) is 5.92 Å². The Balaban J connectivity index is 1.76. The van der Waals surface area contributed by atoms with Crippen LogP contribution in [0.25, 0.3) is 0 Å². The Morgan fingerprint density at radius 3 is 2.62 bits per heavy atom. The summed E-state index contributed by atoms with van der Waals surface area (Å²) in [6.07, 6.45) is 1.99. The van der Waals surface area contributed by atoms with Crippen molar-refractivity contribution < 1.29 is 9.15 Å². The van der Waals surface area contributed by atoms with E-state index in [0.717, 1.165) is 50.9 Å². The van der Waals surface area contributed by atoms with Gasteiger partial charge in [-0.25, -0.2) is 0 Å². The van der Waals surface area contributed by atoms with E-state index in [1.165, 1.54) is 0 Å². The summed E-state index contributed by atoms with van der Waals surface area (Å²) in [7, 11) is 0. The summed E-state index contributed by atoms with van der Waals surface area (Å²) in [5.41, 5.74) is 0.0520. The van der Waals surface area contributed by atoms with Gasteiger partial charge in [0.2, 0.25) is 11.8 Å². The van der Waals surface area contributed by atoms with Crippen molar-refractivity contribution in [2.45, 2.75) is 31.1 Å². The molecule has 1 N–H and O–H groups in total. The van der Waals surface area contributed by atoms with E-state index < -0.39 is 0 Å². The van der Waals surface area contributed by atoms with Crippen LogP contribution in [0.4, 0.5) is 0 Å². The average molecular weight is 223 g/mol. The van der Waals surface area contributed by atoms with Crippen molar-refractivity contribution in [1.82, 2.24) is 15.5 Å². The standard InChI is InChI=1S/C11H17N3O2/c1-11(6-12-7-11)10-14-13-9(16-10)8-2-4-15-5-3-8/h8,12H,2-7H2,1H3. The van der Waals surface area contributed by atoms with Crippen LogP contribution >= 0.6 is 0 Å². The van der Waals surface area contributed by atoms with Crippen LogP contribution in [0.1, 0.15) is 37.5 Å². The van der Waals surface area contributed by atoms with Crippen LogP contribution in [0.5, 0.6) is 0 Å². The highest BCUT2D eigenvalue weighted by Crippen LogP contribution is 2.31. The minimum atomic E-state index is 0.0520. The van der Waals surface area contributed by atoms with E-state index in [9.17, 15) is 0 Å². The first kappa shape index (κ1) is 10.2. The van der Waals surface area contributed by atoms with E-state index in [1.54, 1.807) is 0 Å². The lowest BCUT2D eigenvalue weighted by Gasteiger charge is -2.35. The smallest absolute Gasteiger partial charge is 0.224 e. The third-order valence-electron chi connectivity index (χ3n) is 3.56. The molecule has 1 aromatic rings. The quantitative estimate of drug-likeness (QED) is 0.804. The van der Waals surface area contributed by atoms with Crippen LogP contribution in [-0.2, 0) is 10.2 Å². The predicted molar refractivity (Wildman–Crippen MR) is 57.3 cm³/mol. The second-order valence-corrected chi connectivity index (χ2v) is 5.00. The molecule has 16 heavy (non-hydrogen) atoms. The number of rotatable bonds is 2. The maximum absolute atomic E-state index is 5.81. The second kappa shape index (κ2) is 3.82. The molecule has 3 rings (SSSR count). The highest BCUT2D eigenvalue weighted by atomic mass is 16.5. The lowest BCUT2D eigenvalue weighted by Crippen LogP contribution is -2.54. The van der Waals surface area contributed by atoms with Crippen LogP contribution in [-0.4, -0.2) is 36.5 Å². The summed E-state index contributed by atoms with van der Waals surface area (Å²) < 4.78 is 11.1. The van der Waals surface area contributed by atoms with Gasteiger partial charge in [-0.2, -0.15) is 0 Å². The molecule has 0 amide bonds. The van der Waals surface area contributed by atoms with Gasteiger partial charge in [0.25, 0.3) is 0 Å². The number of nitrogens with one attached hydrogen (secondary N) is 1. The average Bonchev–Trinajstić information content (AvgIpc) is 2.77. The molecule has 0 saturated carbocycles. The summed E-state index contributed by atoms with van der Waals surface area (Å²) in [6.45, 7) is 5.64. The minimum absolute atomic E-state index is 0.0520. The molecule has 0 spiro atoms. The third kappa shape index (κ3) is 1.64. The molecular formula is C11H17N3O2. The molecule has 2 fully saturated rings. The Hall–Kier alpha value is -0.940. The molecule has 0 radical (unpaired) electrons. The van der Waals surface area contributed by atoms with Crippen LogP contribution < -0.4 is 5.32 Å². The van der Waals surface area contributed by atoms with Gasteiger partial charge in [0.05, 0.1) is 5.41 Å². The van der Waals surface area contributed by atoms with Crippen molar-refractivity contribution >= 4 is 0 Å². The zero-order valence-electron chi connectivity index (χ0n) is 9.53. The van der Waals surface area contributed by atoms with E-state index in [1.807, 2.05) is 0 Å². The lowest BCUT2D eigenvalue weighted by molar-refractivity contribution is 0.0784. The summed E-state index contributed by atoms with van der Waals surface area (Å²) in [6, 6.07) is 0. The normalized spacial score (nSPS) is 25.3. The molecule has 2 aliphatic heterocycles. The van der Waals surface area contributed by atoms with Gasteiger partial charge < -0.3 is 14.5 Å². The number of ether oxygens (including phenoxy) is 1. The first-order chi connectivity index (χ1) is 7.78. The van der Waals surface area contributed by atoms with Crippen LogP contribution in [0.15, 0.2) is 4.42 Å². The lowest BCUT2D eigenvalue weighted by atomic mass is 9.84. The Kier molecular flexibility index (Phi) is 2.44. The number of hydrogen-bond acceptors (Lipinski definition) is 5. The Bertz CT molecular complexity index is 367. The summed E-state index contributed by atoms with van der Waals surface area (Å²) in [5.74, 6) is 1.98. The van der Waals surface area contributed by atoms with Crippen LogP contribution in [0.2, 0.25) is 0 Å². The zero-order chi connectivity index (χ0) is 11.0. The zero-order valence-corrected chi connectivity index (χ0v) is 9.53. The second-order valence-electron chi connectivity index (χ2n) is 5.00. The SMILES string of the molecule is CC1(c2nnc(C3CCOCC3)o2)CNC1. The maximum atomic E-state index is 5.81. The van der Waals surface area contributed by atoms with E-state index in [2.05, 4.69) is 22.4 Å². The Labute approximate surface area is 94.6 Å². The van der Waals surface area contributed by atoms with E-state index in [-0.39, 0.29) is 5.41 Å². The molecule has 0 atom stereocenters. The van der Waals surface area contributed by atoms with Crippen molar-refractivity contribution in [1.29, 1.82) is 0 Å². The fourth-order valence-corrected chi connectivity index (χ4v) is 2.24. The van der Waals surface area contributed by atoms with Crippen LogP contribution in [0, 0.1) is 0 Å². The van der Waals surface area contributed by atoms with Crippen molar-refractivity contribution in [2.24, 2.45) is 0 Å². The van der Waals surface area contributed by atoms with Gasteiger partial charge in [-0.1, -0.05) is 0 Å². The van der Waals surface area contributed by atoms with Gasteiger partial charge >= 0.3 is 0 Å². The third-order valence-corrected chi connectivity index (χ3v) is 3.56.